The predicted molar refractivity (Wildman–Crippen MR) is 110 cm³/mol. The number of fused-ring (bicyclic) bond motifs is 1. The first-order chi connectivity index (χ1) is 14.9. The van der Waals surface area contributed by atoms with Gasteiger partial charge in [0.15, 0.2) is 0 Å². The van der Waals surface area contributed by atoms with E-state index in [1.807, 2.05) is 54.6 Å². The van der Waals surface area contributed by atoms with Crippen molar-refractivity contribution in [2.45, 2.75) is 25.6 Å². The maximum Gasteiger partial charge on any atom is 0.437 e. The standard InChI is InChI=1S/C21H17N5O5/c1-21(12-24-11-17(26(28)29)22-19(24)31-21)13-25-20(27)30-18(23-25)16-9-7-15(8-10-16)14-5-3-2-4-6-14/h2-11H,12-13H2,1H3. The monoisotopic (exact) mass is 419 g/mol. The smallest absolute Gasteiger partial charge is 0.436 e. The van der Waals surface area contributed by atoms with Crippen molar-refractivity contribution in [3.63, 3.8) is 0 Å². The number of aromatic nitrogens is 4. The third kappa shape index (κ3) is 3.48. The summed E-state index contributed by atoms with van der Waals surface area (Å²) in [6.07, 6.45) is 1.31. The van der Waals surface area contributed by atoms with E-state index in [0.29, 0.717) is 12.1 Å². The number of ether oxygens (including phenoxy) is 1. The van der Waals surface area contributed by atoms with Gasteiger partial charge in [0.25, 0.3) is 0 Å². The fourth-order valence-electron chi connectivity index (χ4n) is 3.64. The average molecular weight is 419 g/mol. The highest BCUT2D eigenvalue weighted by molar-refractivity contribution is 5.67. The lowest BCUT2D eigenvalue weighted by Crippen LogP contribution is -2.39. The lowest BCUT2D eigenvalue weighted by atomic mass is 10.0. The minimum Gasteiger partial charge on any atom is -0.436 e. The second kappa shape index (κ2) is 6.94. The number of hydrogen-bond donors (Lipinski definition) is 0. The van der Waals surface area contributed by atoms with Crippen LogP contribution in [-0.4, -0.2) is 29.9 Å². The first kappa shape index (κ1) is 18.8. The number of nitrogens with zero attached hydrogens (tertiary/aromatic N) is 5. The Labute approximate surface area is 175 Å². The number of hydrogen-bond acceptors (Lipinski definition) is 7. The molecule has 1 atom stereocenters. The molecule has 1 unspecified atom stereocenters. The summed E-state index contributed by atoms with van der Waals surface area (Å²) >= 11 is 0. The van der Waals surface area contributed by atoms with Gasteiger partial charge in [0.2, 0.25) is 5.89 Å². The van der Waals surface area contributed by atoms with Crippen LogP contribution in [-0.2, 0) is 13.1 Å². The molecule has 0 saturated heterocycles. The number of nitro groups is 1. The molecule has 2 aromatic carbocycles. The molecule has 156 valence electrons. The molecule has 0 amide bonds. The van der Waals surface area contributed by atoms with E-state index in [9.17, 15) is 14.9 Å². The Morgan fingerprint density at radius 2 is 1.77 bits per heavy atom. The summed E-state index contributed by atoms with van der Waals surface area (Å²) in [4.78, 5) is 26.5. The van der Waals surface area contributed by atoms with Crippen LogP contribution in [0, 0.1) is 10.1 Å². The molecule has 5 rings (SSSR count). The van der Waals surface area contributed by atoms with Gasteiger partial charge in [-0.25, -0.2) is 4.79 Å². The average Bonchev–Trinajstić information content (AvgIpc) is 3.40. The molecular weight excluding hydrogens is 402 g/mol. The van der Waals surface area contributed by atoms with Crippen LogP contribution in [0.4, 0.5) is 5.82 Å². The molecule has 0 aliphatic carbocycles. The molecule has 10 nitrogen and oxygen atoms in total. The van der Waals surface area contributed by atoms with Gasteiger partial charge in [0.1, 0.15) is 11.8 Å². The highest BCUT2D eigenvalue weighted by Gasteiger charge is 2.41. The molecule has 0 saturated carbocycles. The van der Waals surface area contributed by atoms with Crippen molar-refractivity contribution in [2.24, 2.45) is 0 Å². The molecule has 4 aromatic rings. The molecule has 0 bridgehead atoms. The zero-order chi connectivity index (χ0) is 21.6. The van der Waals surface area contributed by atoms with Crippen LogP contribution in [0.2, 0.25) is 0 Å². The Kier molecular flexibility index (Phi) is 4.21. The van der Waals surface area contributed by atoms with Crippen molar-refractivity contribution >= 4 is 5.82 Å². The van der Waals surface area contributed by atoms with Crippen LogP contribution in [0.25, 0.3) is 22.6 Å². The second-order valence-corrected chi connectivity index (χ2v) is 7.59. The third-order valence-corrected chi connectivity index (χ3v) is 5.09. The molecule has 31 heavy (non-hydrogen) atoms. The van der Waals surface area contributed by atoms with E-state index < -0.39 is 16.3 Å². The van der Waals surface area contributed by atoms with Gasteiger partial charge >= 0.3 is 17.6 Å². The summed E-state index contributed by atoms with van der Waals surface area (Å²) in [6.45, 7) is 2.18. The maximum absolute atomic E-state index is 12.4. The summed E-state index contributed by atoms with van der Waals surface area (Å²) in [5.74, 6) is -0.682. The molecule has 0 spiro atoms. The number of imidazole rings is 1. The predicted octanol–water partition coefficient (Wildman–Crippen LogP) is 3.13. The van der Waals surface area contributed by atoms with Crippen LogP contribution in [0.15, 0.2) is 70.0 Å². The zero-order valence-corrected chi connectivity index (χ0v) is 16.5. The molecule has 0 N–H and O–H groups in total. The molecule has 10 heteroatoms. The third-order valence-electron chi connectivity index (χ3n) is 5.09. The van der Waals surface area contributed by atoms with E-state index in [4.69, 9.17) is 9.15 Å². The minimum atomic E-state index is -0.841. The maximum atomic E-state index is 12.4. The summed E-state index contributed by atoms with van der Waals surface area (Å²) in [5, 5.41) is 15.2. The van der Waals surface area contributed by atoms with Gasteiger partial charge in [-0.15, -0.1) is 5.10 Å². The number of benzene rings is 2. The van der Waals surface area contributed by atoms with Gasteiger partial charge in [-0.3, -0.25) is 4.57 Å². The van der Waals surface area contributed by atoms with Crippen molar-refractivity contribution in [1.29, 1.82) is 0 Å². The molecule has 0 radical (unpaired) electrons. The Hall–Kier alpha value is -4.21. The highest BCUT2D eigenvalue weighted by Crippen LogP contribution is 2.32. The van der Waals surface area contributed by atoms with Crippen LogP contribution < -0.4 is 10.5 Å². The molecule has 1 aliphatic heterocycles. The first-order valence-electron chi connectivity index (χ1n) is 9.55. The van der Waals surface area contributed by atoms with Gasteiger partial charge in [0.05, 0.1) is 13.1 Å². The van der Waals surface area contributed by atoms with Crippen molar-refractivity contribution in [2.75, 3.05) is 0 Å². The van der Waals surface area contributed by atoms with Crippen molar-refractivity contribution < 1.29 is 14.1 Å². The summed E-state index contributed by atoms with van der Waals surface area (Å²) in [6, 6.07) is 17.7. The molecule has 0 fully saturated rings. The Morgan fingerprint density at radius 3 is 2.45 bits per heavy atom. The summed E-state index contributed by atoms with van der Waals surface area (Å²) < 4.78 is 13.9. The van der Waals surface area contributed by atoms with E-state index >= 15 is 0 Å². The van der Waals surface area contributed by atoms with E-state index in [1.54, 1.807) is 11.5 Å². The second-order valence-electron chi connectivity index (χ2n) is 7.59. The fourth-order valence-corrected chi connectivity index (χ4v) is 3.64. The zero-order valence-electron chi connectivity index (χ0n) is 16.5. The molecule has 3 heterocycles. The Balaban J connectivity index is 1.35. The number of rotatable bonds is 5. The first-order valence-corrected chi connectivity index (χ1v) is 9.55. The fraction of sp³-hybridized carbons (Fsp3) is 0.190. The van der Waals surface area contributed by atoms with Crippen molar-refractivity contribution in [3.05, 3.63) is 81.5 Å². The lowest BCUT2D eigenvalue weighted by Gasteiger charge is -2.20. The molecular formula is C21H17N5O5. The summed E-state index contributed by atoms with van der Waals surface area (Å²) in [7, 11) is 0. The largest absolute Gasteiger partial charge is 0.437 e. The minimum absolute atomic E-state index is 0.106. The Bertz CT molecular complexity index is 1300. The van der Waals surface area contributed by atoms with Gasteiger partial charge in [-0.1, -0.05) is 42.5 Å². The Morgan fingerprint density at radius 1 is 1.10 bits per heavy atom. The van der Waals surface area contributed by atoms with Crippen LogP contribution in [0.1, 0.15) is 6.92 Å². The van der Waals surface area contributed by atoms with E-state index in [-0.39, 0.29) is 24.3 Å². The van der Waals surface area contributed by atoms with Gasteiger partial charge in [0, 0.05) is 10.5 Å². The van der Waals surface area contributed by atoms with Crippen molar-refractivity contribution in [1.82, 2.24) is 19.3 Å². The van der Waals surface area contributed by atoms with Crippen LogP contribution in [0.3, 0.4) is 0 Å². The summed E-state index contributed by atoms with van der Waals surface area (Å²) in [5.41, 5.74) is 1.97. The lowest BCUT2D eigenvalue weighted by molar-refractivity contribution is -0.389. The van der Waals surface area contributed by atoms with Crippen LogP contribution >= 0.6 is 0 Å². The van der Waals surface area contributed by atoms with E-state index in [0.717, 1.165) is 11.1 Å². The van der Waals surface area contributed by atoms with Crippen LogP contribution in [0.5, 0.6) is 6.01 Å². The topological polar surface area (TPSA) is 118 Å². The normalized spacial score (nSPS) is 17.3. The van der Waals surface area contributed by atoms with Gasteiger partial charge < -0.3 is 19.3 Å². The van der Waals surface area contributed by atoms with Crippen molar-refractivity contribution in [3.8, 4) is 28.6 Å². The van der Waals surface area contributed by atoms with E-state index in [2.05, 4.69) is 10.1 Å². The molecule has 2 aromatic heterocycles. The highest BCUT2D eigenvalue weighted by atomic mass is 16.6. The quantitative estimate of drug-likeness (QED) is 0.360. The SMILES string of the molecule is CC1(Cn2nc(-c3ccc(-c4ccccc4)cc3)oc2=O)Cn2cc([N+](=O)[O-])nc2O1. The molecule has 1 aliphatic rings. The van der Waals surface area contributed by atoms with Gasteiger partial charge in [-0.2, -0.15) is 4.68 Å². The van der Waals surface area contributed by atoms with Gasteiger partial charge in [-0.05, 0) is 35.1 Å². The van der Waals surface area contributed by atoms with E-state index in [1.165, 1.54) is 10.9 Å².